The van der Waals surface area contributed by atoms with Crippen LogP contribution in [0.25, 0.3) is 0 Å². The summed E-state index contributed by atoms with van der Waals surface area (Å²) in [6.45, 7) is 24.9. The van der Waals surface area contributed by atoms with Gasteiger partial charge in [0.2, 0.25) is 0 Å². The van der Waals surface area contributed by atoms with Crippen molar-refractivity contribution in [1.29, 1.82) is 0 Å². The van der Waals surface area contributed by atoms with E-state index in [0.29, 0.717) is 0 Å². The second-order valence-electron chi connectivity index (χ2n) is 8.07. The van der Waals surface area contributed by atoms with Gasteiger partial charge >= 0.3 is 17.8 Å². The second kappa shape index (κ2) is 8.25. The van der Waals surface area contributed by atoms with E-state index in [1.54, 1.807) is 0 Å². The van der Waals surface area contributed by atoms with E-state index in [0.717, 1.165) is 0 Å². The zero-order valence-corrected chi connectivity index (χ0v) is 23.1. The van der Waals surface area contributed by atoms with Crippen LogP contribution in [-0.2, 0) is 45.1 Å². The van der Waals surface area contributed by atoms with Crippen LogP contribution >= 0.6 is 0 Å². The molecule has 0 bridgehead atoms. The molecule has 20 heavy (non-hydrogen) atoms. The standard InChI is InChI=1S/C11H33O3Si5.Y/c1-15(13-19(10,11)17(5,6)7)12-18(8,9)14-16(2,3)4;/h1-11H3;. The fourth-order valence-electron chi connectivity index (χ4n) is 1.64. The maximum Gasteiger partial charge on any atom is 0.360 e. The van der Waals surface area contributed by atoms with Gasteiger partial charge in [-0.25, -0.2) is 0 Å². The molecule has 0 fully saturated rings. The minimum absolute atomic E-state index is 0. The van der Waals surface area contributed by atoms with Gasteiger partial charge in [-0.2, -0.15) is 0 Å². The third-order valence-corrected chi connectivity index (χ3v) is 29.2. The van der Waals surface area contributed by atoms with Gasteiger partial charge in [-0.15, -0.1) is 0 Å². The van der Waals surface area contributed by atoms with E-state index in [-0.39, 0.29) is 32.7 Å². The molecule has 0 saturated carbocycles. The van der Waals surface area contributed by atoms with Crippen molar-refractivity contribution in [3.8, 4) is 0 Å². The van der Waals surface area contributed by atoms with Crippen molar-refractivity contribution in [2.45, 2.75) is 72.0 Å². The van der Waals surface area contributed by atoms with Crippen LogP contribution in [0.5, 0.6) is 0 Å². The van der Waals surface area contributed by atoms with Crippen LogP contribution < -0.4 is 0 Å². The Hall–Kier alpha value is 2.07. The van der Waals surface area contributed by atoms with Gasteiger partial charge in [-0.05, 0) is 52.4 Å². The van der Waals surface area contributed by atoms with E-state index < -0.39 is 41.6 Å². The van der Waals surface area contributed by atoms with E-state index in [4.69, 9.17) is 12.3 Å². The van der Waals surface area contributed by atoms with E-state index in [1.165, 1.54) is 0 Å². The molecule has 0 aromatic carbocycles. The zero-order valence-electron chi connectivity index (χ0n) is 15.3. The molecule has 0 saturated heterocycles. The Kier molecular flexibility index (Phi) is 10.0. The molecule has 0 aliphatic rings. The minimum atomic E-state index is -2.04. The molecule has 9 heteroatoms. The first-order valence-electron chi connectivity index (χ1n) is 6.97. The molecular formula is C11H33O3Si5Y. The Morgan fingerprint density at radius 1 is 0.700 bits per heavy atom. The molecule has 0 rings (SSSR count). The molecule has 3 nitrogen and oxygen atoms in total. The van der Waals surface area contributed by atoms with Crippen molar-refractivity contribution in [2.24, 2.45) is 0 Å². The first-order chi connectivity index (χ1) is 8.06. The van der Waals surface area contributed by atoms with Gasteiger partial charge in [0.05, 0.1) is 7.59 Å². The Balaban J connectivity index is 0. The van der Waals surface area contributed by atoms with Crippen LogP contribution in [0.4, 0.5) is 0 Å². The molecule has 0 unspecified atom stereocenters. The monoisotopic (exact) mass is 442 g/mol. The van der Waals surface area contributed by atoms with Gasteiger partial charge in [0.15, 0.2) is 16.2 Å². The summed E-state index contributed by atoms with van der Waals surface area (Å²) in [6, 6.07) is 0. The molecular weight excluding hydrogens is 409 g/mol. The van der Waals surface area contributed by atoms with Crippen molar-refractivity contribution in [1.82, 2.24) is 0 Å². The summed E-state index contributed by atoms with van der Waals surface area (Å²) in [7, 11) is -7.59. The Morgan fingerprint density at radius 2 is 1.10 bits per heavy atom. The molecule has 0 heterocycles. The van der Waals surface area contributed by atoms with E-state index >= 15 is 0 Å². The third-order valence-electron chi connectivity index (χ3n) is 3.15. The Morgan fingerprint density at radius 3 is 1.40 bits per heavy atom. The topological polar surface area (TPSA) is 27.7 Å². The molecule has 0 aromatic heterocycles. The van der Waals surface area contributed by atoms with Gasteiger partial charge in [0.25, 0.3) is 0 Å². The molecule has 0 amide bonds. The smallest absolute Gasteiger partial charge is 0.360 e. The van der Waals surface area contributed by atoms with Crippen molar-refractivity contribution in [3.63, 3.8) is 0 Å². The first kappa shape index (κ1) is 24.3. The molecule has 118 valence electrons. The summed E-state index contributed by atoms with van der Waals surface area (Å²) in [5, 5.41) is 0. The third kappa shape index (κ3) is 9.96. The molecule has 0 N–H and O–H groups in total. The molecule has 0 aliphatic carbocycles. The quantitative estimate of drug-likeness (QED) is 0.550. The normalized spacial score (nSPS) is 14.4. The average molecular weight is 443 g/mol. The molecule has 2 radical (unpaired) electrons. The summed E-state index contributed by atoms with van der Waals surface area (Å²) in [5.74, 6) is 0. The predicted octanol–water partition coefficient (Wildman–Crippen LogP) is 4.31. The summed E-state index contributed by atoms with van der Waals surface area (Å²) >= 11 is 0. The van der Waals surface area contributed by atoms with Crippen LogP contribution in [0.3, 0.4) is 0 Å². The van der Waals surface area contributed by atoms with Crippen molar-refractivity contribution in [3.05, 3.63) is 0 Å². The van der Waals surface area contributed by atoms with Crippen LogP contribution in [0, 0.1) is 0 Å². The average Bonchev–Trinajstić information content (AvgIpc) is 1.91. The predicted molar refractivity (Wildman–Crippen MR) is 96.5 cm³/mol. The zero-order chi connectivity index (χ0) is 15.7. The number of rotatable bonds is 7. The van der Waals surface area contributed by atoms with Crippen LogP contribution in [-0.4, -0.2) is 41.6 Å². The molecule has 0 atom stereocenters. The van der Waals surface area contributed by atoms with E-state index in [2.05, 4.69) is 72.0 Å². The Labute approximate surface area is 157 Å². The van der Waals surface area contributed by atoms with Gasteiger partial charge in [-0.3, -0.25) is 0 Å². The van der Waals surface area contributed by atoms with Gasteiger partial charge < -0.3 is 12.3 Å². The summed E-state index contributed by atoms with van der Waals surface area (Å²) in [4.78, 5) is 0. The maximum atomic E-state index is 6.40. The largest absolute Gasteiger partial charge is 0.438 e. The van der Waals surface area contributed by atoms with Crippen molar-refractivity contribution >= 4 is 41.6 Å². The van der Waals surface area contributed by atoms with Gasteiger partial charge in [0.1, 0.15) is 0 Å². The van der Waals surface area contributed by atoms with Gasteiger partial charge in [0, 0.05) is 32.7 Å². The van der Waals surface area contributed by atoms with Crippen LogP contribution in [0.1, 0.15) is 0 Å². The fourth-order valence-corrected chi connectivity index (χ4v) is 19.5. The number of hydrogen-bond donors (Lipinski definition) is 0. The van der Waals surface area contributed by atoms with Gasteiger partial charge in [-0.1, -0.05) is 19.6 Å². The minimum Gasteiger partial charge on any atom is -0.438 e. The maximum absolute atomic E-state index is 6.40. The van der Waals surface area contributed by atoms with Crippen LogP contribution in [0.2, 0.25) is 72.0 Å². The SMILES string of the molecule is C[Si](O[Si](C)(C)O[Si](C)(C)C)O[Si](C)(C)[Si](C)(C)C.[Y]. The van der Waals surface area contributed by atoms with E-state index in [1.807, 2.05) is 0 Å². The molecule has 0 spiro atoms. The van der Waals surface area contributed by atoms with E-state index in [9.17, 15) is 0 Å². The Bertz CT molecular complexity index is 299. The fraction of sp³-hybridized carbons (Fsp3) is 1.00. The first-order valence-corrected chi connectivity index (χ1v) is 22.4. The van der Waals surface area contributed by atoms with Crippen molar-refractivity contribution in [2.75, 3.05) is 0 Å². The number of hydrogen-bond acceptors (Lipinski definition) is 3. The van der Waals surface area contributed by atoms with Crippen molar-refractivity contribution < 1.29 is 45.1 Å². The summed E-state index contributed by atoms with van der Waals surface area (Å²) < 4.78 is 18.9. The summed E-state index contributed by atoms with van der Waals surface area (Å²) in [6.07, 6.45) is 0. The summed E-state index contributed by atoms with van der Waals surface area (Å²) in [5.41, 5.74) is 0. The van der Waals surface area contributed by atoms with Crippen LogP contribution in [0.15, 0.2) is 0 Å². The molecule has 0 aromatic rings. The second-order valence-corrected chi connectivity index (χ2v) is 34.2. The molecule has 0 aliphatic heterocycles.